The fourth-order valence-electron chi connectivity index (χ4n) is 1.50. The van der Waals surface area contributed by atoms with Gasteiger partial charge in [0.15, 0.2) is 0 Å². The zero-order valence-electron chi connectivity index (χ0n) is 9.41. The smallest absolute Gasteiger partial charge is 0.146 e. The van der Waals surface area contributed by atoms with Gasteiger partial charge in [-0.3, -0.25) is 0 Å². The summed E-state index contributed by atoms with van der Waals surface area (Å²) < 4.78 is 6.75. The average molecular weight is 312 g/mol. The minimum absolute atomic E-state index is 0.627. The van der Waals surface area contributed by atoms with Gasteiger partial charge in [0.2, 0.25) is 0 Å². The predicted molar refractivity (Wildman–Crippen MR) is 75.0 cm³/mol. The molecule has 1 nitrogen and oxygen atoms in total. The molecule has 0 amide bonds. The normalized spacial score (nSPS) is 10.3. The summed E-state index contributed by atoms with van der Waals surface area (Å²) in [5, 5.41) is 0.627. The molecule has 0 aliphatic carbocycles. The Balaban J connectivity index is 2.29. The molecule has 0 spiro atoms. The summed E-state index contributed by atoms with van der Waals surface area (Å²) >= 11 is 9.52. The fourth-order valence-corrected chi connectivity index (χ4v) is 2.04. The largest absolute Gasteiger partial charge is 0.456 e. The van der Waals surface area contributed by atoms with Crippen LogP contribution in [0.3, 0.4) is 0 Å². The van der Waals surface area contributed by atoms with E-state index in [1.807, 2.05) is 42.5 Å². The SMILES string of the molecule is CCc1ccc(Cl)c(Oc2cccc(Br)c2)c1. The van der Waals surface area contributed by atoms with Crippen LogP contribution >= 0.6 is 27.5 Å². The number of aryl methyl sites for hydroxylation is 1. The Morgan fingerprint density at radius 3 is 2.71 bits per heavy atom. The second-order valence-electron chi connectivity index (χ2n) is 3.68. The molecule has 0 N–H and O–H groups in total. The molecule has 2 aromatic rings. The van der Waals surface area contributed by atoms with Gasteiger partial charge in [-0.25, -0.2) is 0 Å². The van der Waals surface area contributed by atoms with Crippen LogP contribution in [0.5, 0.6) is 11.5 Å². The Morgan fingerprint density at radius 1 is 1.18 bits per heavy atom. The predicted octanol–water partition coefficient (Wildman–Crippen LogP) is 5.46. The second kappa shape index (κ2) is 5.56. The van der Waals surface area contributed by atoms with Gasteiger partial charge in [0.05, 0.1) is 5.02 Å². The molecular weight excluding hydrogens is 300 g/mol. The lowest BCUT2D eigenvalue weighted by atomic mass is 10.2. The van der Waals surface area contributed by atoms with Crippen molar-refractivity contribution in [2.75, 3.05) is 0 Å². The standard InChI is InChI=1S/C14H12BrClO/c1-2-10-6-7-13(16)14(8-10)17-12-5-3-4-11(15)9-12/h3-9H,2H2,1H3. The highest BCUT2D eigenvalue weighted by Gasteiger charge is 2.04. The molecule has 17 heavy (non-hydrogen) atoms. The molecule has 0 unspecified atom stereocenters. The van der Waals surface area contributed by atoms with Crippen molar-refractivity contribution in [2.24, 2.45) is 0 Å². The molecule has 3 heteroatoms. The third kappa shape index (κ3) is 3.24. The third-order valence-electron chi connectivity index (χ3n) is 2.43. The zero-order valence-corrected chi connectivity index (χ0v) is 11.8. The van der Waals surface area contributed by atoms with Gasteiger partial charge in [0, 0.05) is 4.47 Å². The minimum Gasteiger partial charge on any atom is -0.456 e. The molecule has 0 aromatic heterocycles. The summed E-state index contributed by atoms with van der Waals surface area (Å²) in [6.07, 6.45) is 0.964. The maximum atomic E-state index is 6.11. The maximum Gasteiger partial charge on any atom is 0.146 e. The van der Waals surface area contributed by atoms with Gasteiger partial charge in [-0.1, -0.05) is 46.6 Å². The Labute approximate surface area is 115 Å². The average Bonchev–Trinajstić information content (AvgIpc) is 2.32. The van der Waals surface area contributed by atoms with Crippen molar-refractivity contribution in [3.63, 3.8) is 0 Å². The molecule has 0 bridgehead atoms. The molecule has 0 aliphatic heterocycles. The Hall–Kier alpha value is -0.990. The monoisotopic (exact) mass is 310 g/mol. The topological polar surface area (TPSA) is 9.23 Å². The number of hydrogen-bond acceptors (Lipinski definition) is 1. The molecule has 0 fully saturated rings. The van der Waals surface area contributed by atoms with Crippen LogP contribution in [0.4, 0.5) is 0 Å². The first kappa shape index (κ1) is 12.5. The van der Waals surface area contributed by atoms with E-state index in [1.54, 1.807) is 0 Å². The van der Waals surface area contributed by atoms with E-state index >= 15 is 0 Å². The Morgan fingerprint density at radius 2 is 2.00 bits per heavy atom. The molecule has 0 radical (unpaired) electrons. The molecule has 0 saturated heterocycles. The zero-order chi connectivity index (χ0) is 12.3. The summed E-state index contributed by atoms with van der Waals surface area (Å²) in [5.74, 6) is 1.47. The van der Waals surface area contributed by atoms with Gasteiger partial charge in [0.1, 0.15) is 11.5 Å². The van der Waals surface area contributed by atoms with Crippen LogP contribution in [-0.2, 0) is 6.42 Å². The highest BCUT2D eigenvalue weighted by molar-refractivity contribution is 9.10. The van der Waals surface area contributed by atoms with Crippen molar-refractivity contribution in [3.8, 4) is 11.5 Å². The van der Waals surface area contributed by atoms with Crippen molar-refractivity contribution in [1.29, 1.82) is 0 Å². The quantitative estimate of drug-likeness (QED) is 0.731. The van der Waals surface area contributed by atoms with Gasteiger partial charge in [0.25, 0.3) is 0 Å². The van der Waals surface area contributed by atoms with E-state index in [-0.39, 0.29) is 0 Å². The maximum absolute atomic E-state index is 6.11. The molecule has 2 aromatic carbocycles. The van der Waals surface area contributed by atoms with E-state index in [2.05, 4.69) is 22.9 Å². The summed E-state index contributed by atoms with van der Waals surface area (Å²) in [6.45, 7) is 2.10. The van der Waals surface area contributed by atoms with Crippen molar-refractivity contribution in [3.05, 3.63) is 57.5 Å². The molecule has 0 heterocycles. The lowest BCUT2D eigenvalue weighted by Crippen LogP contribution is -1.87. The van der Waals surface area contributed by atoms with Gasteiger partial charge in [-0.05, 0) is 42.3 Å². The Kier molecular flexibility index (Phi) is 4.08. The number of halogens is 2. The van der Waals surface area contributed by atoms with E-state index in [4.69, 9.17) is 16.3 Å². The number of rotatable bonds is 3. The van der Waals surface area contributed by atoms with E-state index in [0.29, 0.717) is 10.8 Å². The fraction of sp³-hybridized carbons (Fsp3) is 0.143. The Bertz CT molecular complexity index is 525. The first-order valence-corrected chi connectivity index (χ1v) is 6.58. The van der Waals surface area contributed by atoms with E-state index in [9.17, 15) is 0 Å². The third-order valence-corrected chi connectivity index (χ3v) is 3.23. The molecule has 0 saturated carbocycles. The van der Waals surface area contributed by atoms with Crippen LogP contribution < -0.4 is 4.74 Å². The summed E-state index contributed by atoms with van der Waals surface area (Å²) in [5.41, 5.74) is 1.21. The van der Waals surface area contributed by atoms with Crippen molar-refractivity contribution in [1.82, 2.24) is 0 Å². The van der Waals surface area contributed by atoms with E-state index in [1.165, 1.54) is 5.56 Å². The van der Waals surface area contributed by atoms with Gasteiger partial charge >= 0.3 is 0 Å². The summed E-state index contributed by atoms with van der Waals surface area (Å²) in [6, 6.07) is 13.6. The van der Waals surface area contributed by atoms with Gasteiger partial charge in [-0.15, -0.1) is 0 Å². The van der Waals surface area contributed by atoms with Crippen LogP contribution in [0.2, 0.25) is 5.02 Å². The van der Waals surface area contributed by atoms with E-state index < -0.39 is 0 Å². The van der Waals surface area contributed by atoms with Crippen LogP contribution in [-0.4, -0.2) is 0 Å². The summed E-state index contributed by atoms with van der Waals surface area (Å²) in [7, 11) is 0. The molecule has 88 valence electrons. The highest BCUT2D eigenvalue weighted by Crippen LogP contribution is 2.31. The van der Waals surface area contributed by atoms with Crippen molar-refractivity contribution in [2.45, 2.75) is 13.3 Å². The first-order chi connectivity index (χ1) is 8.19. The second-order valence-corrected chi connectivity index (χ2v) is 5.00. The van der Waals surface area contributed by atoms with Crippen molar-refractivity contribution >= 4 is 27.5 Å². The molecule has 0 atom stereocenters. The molecule has 0 aliphatic rings. The number of ether oxygens (including phenoxy) is 1. The van der Waals surface area contributed by atoms with E-state index in [0.717, 1.165) is 16.6 Å². The van der Waals surface area contributed by atoms with Crippen LogP contribution in [0, 0.1) is 0 Å². The number of hydrogen-bond donors (Lipinski definition) is 0. The number of benzene rings is 2. The van der Waals surface area contributed by atoms with Gasteiger partial charge < -0.3 is 4.74 Å². The summed E-state index contributed by atoms with van der Waals surface area (Å²) in [4.78, 5) is 0. The van der Waals surface area contributed by atoms with Gasteiger partial charge in [-0.2, -0.15) is 0 Å². The first-order valence-electron chi connectivity index (χ1n) is 5.41. The molecular formula is C14H12BrClO. The minimum atomic E-state index is 0.627. The van der Waals surface area contributed by atoms with Crippen LogP contribution in [0.25, 0.3) is 0 Å². The lowest BCUT2D eigenvalue weighted by Gasteiger charge is -2.09. The van der Waals surface area contributed by atoms with Crippen LogP contribution in [0.1, 0.15) is 12.5 Å². The molecule has 2 rings (SSSR count). The lowest BCUT2D eigenvalue weighted by molar-refractivity contribution is 0.482. The van der Waals surface area contributed by atoms with Crippen molar-refractivity contribution < 1.29 is 4.74 Å². The van der Waals surface area contributed by atoms with Crippen LogP contribution in [0.15, 0.2) is 46.9 Å². The highest BCUT2D eigenvalue weighted by atomic mass is 79.9.